The summed E-state index contributed by atoms with van der Waals surface area (Å²) in [6.07, 6.45) is 11.0. The molecule has 0 amide bonds. The summed E-state index contributed by atoms with van der Waals surface area (Å²) in [4.78, 5) is 11.9. The number of carbonyl (C=O) groups is 1. The lowest BCUT2D eigenvalue weighted by molar-refractivity contribution is -0.139. The second-order valence-electron chi connectivity index (χ2n) is 11.5. The minimum absolute atomic E-state index is 0.0279. The van der Waals surface area contributed by atoms with Gasteiger partial charge in [0.25, 0.3) is 8.32 Å². The van der Waals surface area contributed by atoms with Crippen molar-refractivity contribution in [3.05, 3.63) is 60.7 Å². The molecule has 2 aromatic carbocycles. The highest BCUT2D eigenvalue weighted by Crippen LogP contribution is 2.38. The van der Waals surface area contributed by atoms with E-state index in [1.165, 1.54) is 16.8 Å². The minimum Gasteiger partial charge on any atom is -0.481 e. The summed E-state index contributed by atoms with van der Waals surface area (Å²) < 4.78 is 7.12. The Hall–Kier alpha value is -1.95. The third-order valence-corrected chi connectivity index (χ3v) is 12.5. The fourth-order valence-electron chi connectivity index (χ4n) is 5.38. The van der Waals surface area contributed by atoms with Crippen LogP contribution in [0, 0.1) is 0 Å². The molecule has 2 rings (SSSR count). The van der Waals surface area contributed by atoms with E-state index in [9.17, 15) is 15.0 Å². The molecule has 1 unspecified atom stereocenters. The molecule has 0 aliphatic carbocycles. The quantitative estimate of drug-likeness (QED) is 0.161. The van der Waals surface area contributed by atoms with Crippen molar-refractivity contribution in [3.63, 3.8) is 0 Å². The van der Waals surface area contributed by atoms with Gasteiger partial charge in [-0.25, -0.2) is 0 Å². The first-order chi connectivity index (χ1) is 17.7. The van der Waals surface area contributed by atoms with E-state index < -0.39 is 14.3 Å². The summed E-state index contributed by atoms with van der Waals surface area (Å²) in [6.45, 7) is 8.86. The van der Waals surface area contributed by atoms with E-state index in [1.807, 2.05) is 12.1 Å². The Labute approximate surface area is 226 Å². The Morgan fingerprint density at radius 3 is 1.70 bits per heavy atom. The number of aliphatic hydroxyl groups excluding tert-OH is 1. The van der Waals surface area contributed by atoms with Gasteiger partial charge in [0.2, 0.25) is 0 Å². The smallest absolute Gasteiger partial charge is 0.305 e. The van der Waals surface area contributed by atoms with Gasteiger partial charge in [0.15, 0.2) is 0 Å². The Morgan fingerprint density at radius 1 is 0.784 bits per heavy atom. The number of rotatable bonds is 18. The van der Waals surface area contributed by atoms with Crippen LogP contribution in [-0.4, -0.2) is 36.7 Å². The third kappa shape index (κ3) is 10.0. The van der Waals surface area contributed by atoms with Crippen LogP contribution in [0.4, 0.5) is 0 Å². The Morgan fingerprint density at radius 2 is 1.24 bits per heavy atom. The van der Waals surface area contributed by atoms with Crippen LogP contribution in [0.1, 0.15) is 105 Å². The highest BCUT2D eigenvalue weighted by molar-refractivity contribution is 6.99. The number of unbranched alkanes of at least 4 members (excludes halogenated alkanes) is 6. The van der Waals surface area contributed by atoms with E-state index >= 15 is 0 Å². The molecule has 0 fully saturated rings. The summed E-state index contributed by atoms with van der Waals surface area (Å²) in [5.41, 5.74) is 0. The number of hydrogen-bond acceptors (Lipinski definition) is 3. The Balaban J connectivity index is 2.05. The molecule has 2 N–H and O–H groups in total. The zero-order valence-corrected chi connectivity index (χ0v) is 24.6. The van der Waals surface area contributed by atoms with Crippen molar-refractivity contribution >= 4 is 24.7 Å². The molecule has 4 nitrogen and oxygen atoms in total. The predicted molar refractivity (Wildman–Crippen MR) is 157 cm³/mol. The summed E-state index contributed by atoms with van der Waals surface area (Å²) >= 11 is 0. The number of hydrogen-bond donors (Lipinski definition) is 2. The van der Waals surface area contributed by atoms with Gasteiger partial charge in [-0.2, -0.15) is 0 Å². The normalized spacial score (nSPS) is 13.9. The van der Waals surface area contributed by atoms with E-state index in [0.29, 0.717) is 0 Å². The van der Waals surface area contributed by atoms with Gasteiger partial charge in [0.05, 0.1) is 18.6 Å². The Kier molecular flexibility index (Phi) is 13.6. The van der Waals surface area contributed by atoms with Crippen molar-refractivity contribution in [2.24, 2.45) is 0 Å². The van der Waals surface area contributed by atoms with Crippen LogP contribution in [0.5, 0.6) is 0 Å². The van der Waals surface area contributed by atoms with Crippen molar-refractivity contribution in [3.8, 4) is 0 Å². The lowest BCUT2D eigenvalue weighted by Gasteiger charge is -2.45. The molecule has 0 bridgehead atoms. The maximum Gasteiger partial charge on any atom is 0.305 e. The standard InChI is InChI=1S/C32H50O4Si/c1-5-6-19-27(33)20-13-9-7-8-10-14-21-28(26-31(34)35)36-37(32(2,3)4,29-22-15-11-16-23-29)30-24-17-12-18-25-30/h11-12,15-18,22-25,27-28,33H,5-10,13-14,19-21,26H2,1-4H3,(H,34,35)/t27-,28?/m0/s1. The van der Waals surface area contributed by atoms with Crippen molar-refractivity contribution in [1.82, 2.24) is 0 Å². The van der Waals surface area contributed by atoms with E-state index in [1.54, 1.807) is 0 Å². The van der Waals surface area contributed by atoms with Gasteiger partial charge in [-0.15, -0.1) is 0 Å². The molecule has 206 valence electrons. The summed E-state index contributed by atoms with van der Waals surface area (Å²) in [5.74, 6) is -0.801. The number of carboxylic acids is 1. The number of aliphatic hydroxyl groups is 1. The van der Waals surface area contributed by atoms with E-state index in [4.69, 9.17) is 4.43 Å². The minimum atomic E-state index is -2.77. The van der Waals surface area contributed by atoms with Crippen LogP contribution >= 0.6 is 0 Å². The van der Waals surface area contributed by atoms with E-state index in [2.05, 4.69) is 76.2 Å². The molecule has 0 saturated carbocycles. The number of aliphatic carboxylic acids is 1. The first kappa shape index (κ1) is 31.3. The van der Waals surface area contributed by atoms with Crippen molar-refractivity contribution in [2.75, 3.05) is 0 Å². The summed E-state index contributed by atoms with van der Waals surface area (Å²) in [7, 11) is -2.77. The molecule has 0 spiro atoms. The second kappa shape index (κ2) is 16.1. The SMILES string of the molecule is CCCC[C@H](O)CCCCCCCCC(CC(=O)O)O[Si](c1ccccc1)(c1ccccc1)C(C)(C)C. The van der Waals surface area contributed by atoms with E-state index in [-0.39, 0.29) is 23.7 Å². The van der Waals surface area contributed by atoms with Gasteiger partial charge >= 0.3 is 5.97 Å². The molecular weight excluding hydrogens is 476 g/mol. The van der Waals surface area contributed by atoms with Crippen LogP contribution in [0.15, 0.2) is 60.7 Å². The number of benzene rings is 2. The number of carboxylic acid groups (broad SMARTS) is 1. The second-order valence-corrected chi connectivity index (χ2v) is 15.7. The van der Waals surface area contributed by atoms with Gasteiger partial charge in [-0.3, -0.25) is 4.79 Å². The maximum absolute atomic E-state index is 11.9. The van der Waals surface area contributed by atoms with Crippen LogP contribution in [0.3, 0.4) is 0 Å². The largest absolute Gasteiger partial charge is 0.481 e. The lowest BCUT2D eigenvalue weighted by atomic mass is 10.0. The fourth-order valence-corrected chi connectivity index (χ4v) is 10.1. The molecule has 37 heavy (non-hydrogen) atoms. The fraction of sp³-hybridized carbons (Fsp3) is 0.594. The van der Waals surface area contributed by atoms with Crippen LogP contribution in [0.25, 0.3) is 0 Å². The molecular formula is C32H50O4Si. The first-order valence-corrected chi connectivity index (χ1v) is 16.3. The topological polar surface area (TPSA) is 66.8 Å². The monoisotopic (exact) mass is 526 g/mol. The highest BCUT2D eigenvalue weighted by atomic mass is 28.4. The molecule has 0 aliphatic heterocycles. The summed E-state index contributed by atoms with van der Waals surface area (Å²) in [6, 6.07) is 20.9. The predicted octanol–water partition coefficient (Wildman–Crippen LogP) is 7.08. The Bertz CT molecular complexity index is 839. The average Bonchev–Trinajstić information content (AvgIpc) is 2.87. The zero-order chi connectivity index (χ0) is 27.2. The average molecular weight is 527 g/mol. The third-order valence-electron chi connectivity index (χ3n) is 7.37. The van der Waals surface area contributed by atoms with Crippen LogP contribution in [0.2, 0.25) is 5.04 Å². The molecule has 2 aromatic rings. The summed E-state index contributed by atoms with van der Waals surface area (Å²) in [5, 5.41) is 21.9. The van der Waals surface area contributed by atoms with Crippen LogP contribution < -0.4 is 10.4 Å². The molecule has 2 atom stereocenters. The van der Waals surface area contributed by atoms with Crippen molar-refractivity contribution in [1.29, 1.82) is 0 Å². The molecule has 0 heterocycles. The van der Waals surface area contributed by atoms with Gasteiger partial charge in [0.1, 0.15) is 0 Å². The van der Waals surface area contributed by atoms with Crippen molar-refractivity contribution < 1.29 is 19.4 Å². The highest BCUT2D eigenvalue weighted by Gasteiger charge is 2.51. The first-order valence-electron chi connectivity index (χ1n) is 14.4. The van der Waals surface area contributed by atoms with Crippen LogP contribution in [-0.2, 0) is 9.22 Å². The maximum atomic E-state index is 11.9. The van der Waals surface area contributed by atoms with Crippen molar-refractivity contribution in [2.45, 2.75) is 122 Å². The van der Waals surface area contributed by atoms with E-state index in [0.717, 1.165) is 64.2 Å². The molecule has 0 radical (unpaired) electrons. The van der Waals surface area contributed by atoms with Gasteiger partial charge in [0, 0.05) is 0 Å². The lowest BCUT2D eigenvalue weighted by Crippen LogP contribution is -2.67. The molecule has 0 aromatic heterocycles. The van der Waals surface area contributed by atoms with Gasteiger partial charge in [-0.05, 0) is 34.7 Å². The zero-order valence-electron chi connectivity index (χ0n) is 23.6. The van der Waals surface area contributed by atoms with Gasteiger partial charge in [-0.1, -0.05) is 140 Å². The molecule has 0 aliphatic rings. The molecule has 0 saturated heterocycles. The van der Waals surface area contributed by atoms with Gasteiger partial charge < -0.3 is 14.6 Å². The molecule has 5 heteroatoms.